The number of aliphatic imine (C=N–C) groups is 1. The lowest BCUT2D eigenvalue weighted by atomic mass is 9.99. The predicted molar refractivity (Wildman–Crippen MR) is 151 cm³/mol. The smallest absolute Gasteiger partial charge is 0.310 e. The number of benzene rings is 2. The summed E-state index contributed by atoms with van der Waals surface area (Å²) >= 11 is 1.64. The van der Waals surface area contributed by atoms with Crippen LogP contribution in [0.3, 0.4) is 0 Å². The van der Waals surface area contributed by atoms with E-state index in [0.29, 0.717) is 18.3 Å². The first-order valence-electron chi connectivity index (χ1n) is 12.7. The summed E-state index contributed by atoms with van der Waals surface area (Å²) in [6.07, 6.45) is 0.0624. The summed E-state index contributed by atoms with van der Waals surface area (Å²) < 4.78 is 6.97. The molecule has 5 rings (SSSR count). The first kappa shape index (κ1) is 26.3. The van der Waals surface area contributed by atoms with Gasteiger partial charge in [0.2, 0.25) is 0 Å². The van der Waals surface area contributed by atoms with Crippen LogP contribution in [-0.2, 0) is 20.7 Å². The molecule has 200 valence electrons. The number of aliphatic carboxylic acids is 1. The molecule has 0 radical (unpaired) electrons. The number of carboxylic acids is 1. The number of carbonyl (C=O) groups is 2. The fraction of sp³-hybridized carbons (Fsp3) is 0.276. The van der Waals surface area contributed by atoms with E-state index in [1.165, 1.54) is 0 Å². The molecule has 4 aromatic rings. The summed E-state index contributed by atoms with van der Waals surface area (Å²) in [5, 5.41) is 22.5. The molecule has 9 nitrogen and oxygen atoms in total. The van der Waals surface area contributed by atoms with Gasteiger partial charge >= 0.3 is 11.9 Å². The van der Waals surface area contributed by atoms with Gasteiger partial charge in [0.1, 0.15) is 16.9 Å². The van der Waals surface area contributed by atoms with Gasteiger partial charge in [-0.15, -0.1) is 21.5 Å². The molecule has 1 aliphatic heterocycles. The molecule has 0 spiro atoms. The van der Waals surface area contributed by atoms with Crippen molar-refractivity contribution in [1.29, 1.82) is 0 Å². The van der Waals surface area contributed by atoms with Gasteiger partial charge in [-0.25, -0.2) is 0 Å². The van der Waals surface area contributed by atoms with Crippen LogP contribution in [0.25, 0.3) is 5.00 Å². The van der Waals surface area contributed by atoms with Gasteiger partial charge in [0.25, 0.3) is 0 Å². The highest BCUT2D eigenvalue weighted by molar-refractivity contribution is 7.15. The van der Waals surface area contributed by atoms with Crippen LogP contribution in [0.1, 0.15) is 58.2 Å². The molecule has 0 saturated carbocycles. The second-order valence-electron chi connectivity index (χ2n) is 9.38. The third-order valence-electron chi connectivity index (χ3n) is 6.66. The molecule has 0 saturated heterocycles. The van der Waals surface area contributed by atoms with Gasteiger partial charge in [0.05, 0.1) is 25.2 Å². The van der Waals surface area contributed by atoms with Crippen molar-refractivity contribution in [1.82, 2.24) is 14.8 Å². The summed E-state index contributed by atoms with van der Waals surface area (Å²) in [6.45, 7) is 8.18. The van der Waals surface area contributed by atoms with E-state index in [0.717, 1.165) is 49.2 Å². The van der Waals surface area contributed by atoms with Crippen LogP contribution in [0.5, 0.6) is 0 Å². The molecule has 0 bridgehead atoms. The number of carbonyl (C=O) groups excluding carboxylic acids is 1. The first-order valence-corrected chi connectivity index (χ1v) is 13.5. The largest absolute Gasteiger partial charge is 0.481 e. The van der Waals surface area contributed by atoms with Gasteiger partial charge in [0.15, 0.2) is 5.82 Å². The van der Waals surface area contributed by atoms with Gasteiger partial charge in [-0.3, -0.25) is 19.1 Å². The van der Waals surface area contributed by atoms with E-state index >= 15 is 0 Å². The number of aryl methyl sites for hydroxylation is 2. The first-order chi connectivity index (χ1) is 18.7. The van der Waals surface area contributed by atoms with Crippen LogP contribution in [0, 0.1) is 20.8 Å². The standard InChI is InChI=1S/C29H29N5O4S/c1-5-38-25(37)14-19-6-10-21(11-7-19)30-22-12-8-20(9-13-22)27-26-16(2)17(3)39-29(26)34-18(4)32-33-28(34)23(31-27)15-24(35)36/h6-13,23,30H,5,14-15H2,1-4H3,(H,35,36)/t23-/m0/s1. The summed E-state index contributed by atoms with van der Waals surface area (Å²) in [5.74, 6) is 0.0560. The molecule has 2 aromatic heterocycles. The van der Waals surface area contributed by atoms with Crippen molar-refractivity contribution >= 4 is 40.4 Å². The van der Waals surface area contributed by atoms with Crippen molar-refractivity contribution in [3.05, 3.63) is 87.3 Å². The highest BCUT2D eigenvalue weighted by Crippen LogP contribution is 2.39. The minimum atomic E-state index is -0.943. The van der Waals surface area contributed by atoms with Crippen LogP contribution in [0.2, 0.25) is 0 Å². The Morgan fingerprint density at radius 1 is 1.03 bits per heavy atom. The molecule has 0 unspecified atom stereocenters. The molecule has 3 heterocycles. The number of thiophene rings is 1. The van der Waals surface area contributed by atoms with Crippen LogP contribution in [0.15, 0.2) is 53.5 Å². The molecule has 39 heavy (non-hydrogen) atoms. The van der Waals surface area contributed by atoms with Crippen molar-refractivity contribution < 1.29 is 19.4 Å². The van der Waals surface area contributed by atoms with Gasteiger partial charge in [-0.2, -0.15) is 0 Å². The van der Waals surface area contributed by atoms with Gasteiger partial charge in [0, 0.05) is 27.4 Å². The van der Waals surface area contributed by atoms with E-state index < -0.39 is 12.0 Å². The monoisotopic (exact) mass is 543 g/mol. The number of hydrogen-bond donors (Lipinski definition) is 2. The van der Waals surface area contributed by atoms with Crippen LogP contribution < -0.4 is 5.32 Å². The Morgan fingerprint density at radius 3 is 2.33 bits per heavy atom. The second kappa shape index (κ2) is 10.8. The Bertz CT molecular complexity index is 1570. The third-order valence-corrected chi connectivity index (χ3v) is 7.85. The van der Waals surface area contributed by atoms with Crippen molar-refractivity contribution in [3.8, 4) is 5.00 Å². The SMILES string of the molecule is CCOC(=O)Cc1ccc(Nc2ccc(C3=N[C@@H](CC(=O)O)c4nnc(C)n4-c4sc(C)c(C)c43)cc2)cc1. The summed E-state index contributed by atoms with van der Waals surface area (Å²) in [5.41, 5.74) is 6.39. The third kappa shape index (κ3) is 5.33. The quantitative estimate of drug-likeness (QED) is 0.283. The Kier molecular flexibility index (Phi) is 7.30. The van der Waals surface area contributed by atoms with Crippen LogP contribution >= 0.6 is 11.3 Å². The minimum Gasteiger partial charge on any atom is -0.481 e. The highest BCUT2D eigenvalue weighted by atomic mass is 32.1. The Balaban J connectivity index is 1.45. The number of aromatic nitrogens is 3. The van der Waals surface area contributed by atoms with Crippen LogP contribution in [-0.4, -0.2) is 44.1 Å². The van der Waals surface area contributed by atoms with Crippen molar-refractivity contribution in [2.24, 2.45) is 4.99 Å². The molecule has 1 atom stereocenters. The lowest BCUT2D eigenvalue weighted by molar-refractivity contribution is -0.142. The second-order valence-corrected chi connectivity index (χ2v) is 10.6. The topological polar surface area (TPSA) is 119 Å². The Hall–Kier alpha value is -4.31. The Morgan fingerprint density at radius 2 is 1.69 bits per heavy atom. The summed E-state index contributed by atoms with van der Waals surface area (Å²) in [6, 6.07) is 14.9. The van der Waals surface area contributed by atoms with Gasteiger partial charge in [-0.1, -0.05) is 24.3 Å². The van der Waals surface area contributed by atoms with Crippen molar-refractivity contribution in [2.45, 2.75) is 46.6 Å². The van der Waals surface area contributed by atoms with E-state index in [1.54, 1.807) is 18.3 Å². The zero-order valence-corrected chi connectivity index (χ0v) is 23.0. The van der Waals surface area contributed by atoms with Crippen molar-refractivity contribution in [2.75, 3.05) is 11.9 Å². The maximum Gasteiger partial charge on any atom is 0.310 e. The molecule has 2 aromatic carbocycles. The van der Waals surface area contributed by atoms with Gasteiger partial charge < -0.3 is 15.2 Å². The molecular formula is C29H29N5O4S. The van der Waals surface area contributed by atoms with E-state index in [9.17, 15) is 14.7 Å². The van der Waals surface area contributed by atoms with Crippen molar-refractivity contribution in [3.63, 3.8) is 0 Å². The number of carboxylic acid groups (broad SMARTS) is 1. The molecule has 2 N–H and O–H groups in total. The van der Waals surface area contributed by atoms with E-state index in [4.69, 9.17) is 9.73 Å². The molecule has 10 heteroatoms. The highest BCUT2D eigenvalue weighted by Gasteiger charge is 2.32. The fourth-order valence-corrected chi connectivity index (χ4v) is 5.87. The molecule has 0 fully saturated rings. The number of anilines is 2. The fourth-order valence-electron chi connectivity index (χ4n) is 4.65. The normalized spacial score (nSPS) is 14.2. The lowest BCUT2D eigenvalue weighted by Gasteiger charge is -2.12. The average Bonchev–Trinajstić information content (AvgIpc) is 3.38. The summed E-state index contributed by atoms with van der Waals surface area (Å²) in [4.78, 5) is 29.6. The number of fused-ring (bicyclic) bond motifs is 3. The number of rotatable bonds is 8. The number of hydrogen-bond acceptors (Lipinski definition) is 8. The lowest BCUT2D eigenvalue weighted by Crippen LogP contribution is -2.10. The number of ether oxygens (including phenoxy) is 1. The molecule has 1 aliphatic rings. The maximum absolute atomic E-state index is 11.7. The predicted octanol–water partition coefficient (Wildman–Crippen LogP) is 5.47. The van der Waals surface area contributed by atoms with Crippen LogP contribution in [0.4, 0.5) is 11.4 Å². The zero-order chi connectivity index (χ0) is 27.7. The number of esters is 1. The maximum atomic E-state index is 11.7. The Labute approximate surface area is 230 Å². The average molecular weight is 544 g/mol. The molecule has 0 amide bonds. The number of nitrogens with one attached hydrogen (secondary N) is 1. The summed E-state index contributed by atoms with van der Waals surface area (Å²) in [7, 11) is 0. The van der Waals surface area contributed by atoms with Gasteiger partial charge in [-0.05, 0) is 63.1 Å². The molecule has 0 aliphatic carbocycles. The molecular weight excluding hydrogens is 514 g/mol. The van der Waals surface area contributed by atoms with E-state index in [-0.39, 0.29) is 18.8 Å². The minimum absolute atomic E-state index is 0.180. The van der Waals surface area contributed by atoms with E-state index in [1.807, 2.05) is 60.0 Å². The zero-order valence-electron chi connectivity index (χ0n) is 22.2. The van der Waals surface area contributed by atoms with E-state index in [2.05, 4.69) is 29.4 Å². The number of nitrogens with zero attached hydrogens (tertiary/aromatic N) is 4.